The van der Waals surface area contributed by atoms with Crippen LogP contribution in [0.2, 0.25) is 0 Å². The normalized spacial score (nSPS) is 9.20. The summed E-state index contributed by atoms with van der Waals surface area (Å²) in [6, 6.07) is 30.2. The van der Waals surface area contributed by atoms with E-state index in [0.717, 1.165) is 0 Å². The summed E-state index contributed by atoms with van der Waals surface area (Å²) in [4.78, 5) is 0. The average molecular weight is 334 g/mol. The van der Waals surface area contributed by atoms with Gasteiger partial charge < -0.3 is 17.0 Å². The summed E-state index contributed by atoms with van der Waals surface area (Å²) < 4.78 is 0. The molecule has 94 valence electrons. The van der Waals surface area contributed by atoms with Crippen LogP contribution in [0.15, 0.2) is 78.9 Å². The monoisotopic (exact) mass is 332 g/mol. The molecular formula is C18H13BrMg. The second kappa shape index (κ2) is 8.25. The molecule has 2 heteroatoms. The van der Waals surface area contributed by atoms with E-state index >= 15 is 0 Å². The summed E-state index contributed by atoms with van der Waals surface area (Å²) in [6.45, 7) is 0. The number of hydrogen-bond acceptors (Lipinski definition) is 0. The van der Waals surface area contributed by atoms with Gasteiger partial charge in [0.2, 0.25) is 0 Å². The Hall–Kier alpha value is -1.09. The van der Waals surface area contributed by atoms with Crippen molar-refractivity contribution in [3.8, 4) is 22.3 Å². The van der Waals surface area contributed by atoms with Crippen LogP contribution in [0.5, 0.6) is 0 Å². The van der Waals surface area contributed by atoms with Crippen molar-refractivity contribution in [3.63, 3.8) is 0 Å². The smallest absolute Gasteiger partial charge is 1.00 e. The Morgan fingerprint density at radius 2 is 1.10 bits per heavy atom. The molecule has 0 aliphatic heterocycles. The van der Waals surface area contributed by atoms with Crippen LogP contribution < -0.4 is 17.0 Å². The Balaban J connectivity index is 0.000001000. The fourth-order valence-electron chi connectivity index (χ4n) is 2.16. The molecule has 0 aromatic heterocycles. The molecule has 0 atom stereocenters. The zero-order valence-corrected chi connectivity index (χ0v) is 14.1. The molecule has 3 rings (SSSR count). The quantitative estimate of drug-likeness (QED) is 0.492. The summed E-state index contributed by atoms with van der Waals surface area (Å²) in [5, 5.41) is 0. The average Bonchev–Trinajstić information content (AvgIpc) is 2.49. The molecule has 0 nitrogen and oxygen atoms in total. The van der Waals surface area contributed by atoms with E-state index in [1.165, 1.54) is 22.3 Å². The Morgan fingerprint density at radius 1 is 0.600 bits per heavy atom. The molecule has 0 spiro atoms. The molecule has 0 heterocycles. The molecule has 0 unspecified atom stereocenters. The van der Waals surface area contributed by atoms with Crippen LogP contribution in [0.25, 0.3) is 22.3 Å². The zero-order chi connectivity index (χ0) is 12.2. The first kappa shape index (κ1) is 17.0. The molecule has 0 amide bonds. The van der Waals surface area contributed by atoms with Crippen molar-refractivity contribution in [3.05, 3.63) is 84.9 Å². The van der Waals surface area contributed by atoms with Gasteiger partial charge in [-0.15, -0.1) is 11.1 Å². The van der Waals surface area contributed by atoms with Crippen LogP contribution in [-0.2, 0) is 0 Å². The van der Waals surface area contributed by atoms with Crippen LogP contribution in [0.4, 0.5) is 0 Å². The summed E-state index contributed by atoms with van der Waals surface area (Å²) in [6.07, 6.45) is 0. The first-order chi connectivity index (χ1) is 8.95. The van der Waals surface area contributed by atoms with Gasteiger partial charge in [-0.1, -0.05) is 66.2 Å². The van der Waals surface area contributed by atoms with Gasteiger partial charge in [0.1, 0.15) is 0 Å². The third kappa shape index (κ3) is 3.72. The molecular weight excluding hydrogens is 320 g/mol. The van der Waals surface area contributed by atoms with Crippen molar-refractivity contribution in [1.29, 1.82) is 0 Å². The molecule has 3 aromatic rings. The van der Waals surface area contributed by atoms with E-state index in [9.17, 15) is 0 Å². The molecule has 0 N–H and O–H groups in total. The molecule has 0 aliphatic carbocycles. The van der Waals surface area contributed by atoms with Crippen molar-refractivity contribution >= 4 is 23.1 Å². The van der Waals surface area contributed by atoms with Crippen LogP contribution in [0, 0.1) is 6.07 Å². The molecule has 3 aromatic carbocycles. The summed E-state index contributed by atoms with van der Waals surface area (Å²) in [7, 11) is 0. The van der Waals surface area contributed by atoms with Crippen molar-refractivity contribution in [2.24, 2.45) is 0 Å². The second-order valence-corrected chi connectivity index (χ2v) is 4.20. The van der Waals surface area contributed by atoms with Crippen molar-refractivity contribution < 1.29 is 17.0 Å². The molecule has 0 saturated carbocycles. The Bertz CT molecular complexity index is 577. The molecule has 0 aliphatic rings. The van der Waals surface area contributed by atoms with Gasteiger partial charge in [0.25, 0.3) is 0 Å². The van der Waals surface area contributed by atoms with Gasteiger partial charge in [-0.05, 0) is 5.56 Å². The predicted molar refractivity (Wildman–Crippen MR) is 81.9 cm³/mol. The second-order valence-electron chi connectivity index (χ2n) is 4.20. The van der Waals surface area contributed by atoms with Gasteiger partial charge in [-0.25, -0.2) is 0 Å². The van der Waals surface area contributed by atoms with E-state index in [0.29, 0.717) is 0 Å². The Kier molecular flexibility index (Phi) is 7.00. The van der Waals surface area contributed by atoms with Crippen molar-refractivity contribution in [2.45, 2.75) is 0 Å². The third-order valence-electron chi connectivity index (χ3n) is 3.03. The van der Waals surface area contributed by atoms with E-state index in [2.05, 4.69) is 66.7 Å². The molecule has 0 radical (unpaired) electrons. The minimum Gasteiger partial charge on any atom is -1.00 e. The maximum Gasteiger partial charge on any atom is 2.00 e. The standard InChI is InChI=1S/C18H13.BrH.Mg/c1-3-9-15(10-4-1)17-13-7-8-14-18(17)16-11-5-2-6-12-16;;/h1-7,9-14H;1H;/q-1;;+2/p-1. The van der Waals surface area contributed by atoms with E-state index < -0.39 is 0 Å². The van der Waals surface area contributed by atoms with E-state index in [1.807, 2.05) is 18.2 Å². The van der Waals surface area contributed by atoms with E-state index in [4.69, 9.17) is 0 Å². The maximum absolute atomic E-state index is 3.17. The van der Waals surface area contributed by atoms with Crippen LogP contribution in [0.1, 0.15) is 0 Å². The fourth-order valence-corrected chi connectivity index (χ4v) is 2.16. The topological polar surface area (TPSA) is 0 Å². The van der Waals surface area contributed by atoms with Crippen LogP contribution >= 0.6 is 0 Å². The summed E-state index contributed by atoms with van der Waals surface area (Å²) in [5.74, 6) is 0. The minimum absolute atomic E-state index is 0. The molecule has 0 fully saturated rings. The van der Waals surface area contributed by atoms with Crippen molar-refractivity contribution in [2.75, 3.05) is 0 Å². The van der Waals surface area contributed by atoms with Gasteiger partial charge in [0, 0.05) is 0 Å². The van der Waals surface area contributed by atoms with Gasteiger partial charge in [-0.2, -0.15) is 24.3 Å². The number of hydrogen-bond donors (Lipinski definition) is 0. The zero-order valence-electron chi connectivity index (χ0n) is 11.1. The predicted octanol–water partition coefficient (Wildman–Crippen LogP) is 1.44. The number of halogens is 1. The van der Waals surface area contributed by atoms with E-state index in [-0.39, 0.29) is 40.0 Å². The first-order valence-corrected chi connectivity index (χ1v) is 6.06. The van der Waals surface area contributed by atoms with E-state index in [1.54, 1.807) is 0 Å². The fraction of sp³-hybridized carbons (Fsp3) is 0. The van der Waals surface area contributed by atoms with Gasteiger partial charge in [0.05, 0.1) is 0 Å². The van der Waals surface area contributed by atoms with Crippen LogP contribution in [0.3, 0.4) is 0 Å². The Labute approximate surface area is 146 Å². The Morgan fingerprint density at radius 3 is 1.65 bits per heavy atom. The third-order valence-corrected chi connectivity index (χ3v) is 3.03. The summed E-state index contributed by atoms with van der Waals surface area (Å²) in [5.41, 5.74) is 4.95. The maximum atomic E-state index is 3.17. The van der Waals surface area contributed by atoms with Gasteiger partial charge >= 0.3 is 23.1 Å². The molecule has 0 saturated heterocycles. The largest absolute Gasteiger partial charge is 2.00 e. The van der Waals surface area contributed by atoms with Gasteiger partial charge in [0.15, 0.2) is 0 Å². The summed E-state index contributed by atoms with van der Waals surface area (Å²) >= 11 is 0. The first-order valence-electron chi connectivity index (χ1n) is 6.06. The number of rotatable bonds is 2. The molecule has 0 bridgehead atoms. The number of benzene rings is 3. The minimum atomic E-state index is 0. The van der Waals surface area contributed by atoms with Crippen molar-refractivity contribution in [1.82, 2.24) is 0 Å². The van der Waals surface area contributed by atoms with Gasteiger partial charge in [-0.3, -0.25) is 0 Å². The van der Waals surface area contributed by atoms with Crippen LogP contribution in [-0.4, -0.2) is 23.1 Å². The molecule has 20 heavy (non-hydrogen) atoms. The SMILES string of the molecule is [Br-].[Mg+2].[c-]1ccc(-c2ccccc2)c(-c2ccccc2)c1.